The summed E-state index contributed by atoms with van der Waals surface area (Å²) in [7, 11) is -1.22. The molecular weight excluding hydrogens is 251 g/mol. The van der Waals surface area contributed by atoms with Gasteiger partial charge in [-0.15, -0.1) is 0 Å². The molecule has 0 aromatic carbocycles. The zero-order valence-electron chi connectivity index (χ0n) is 11.0. The fourth-order valence-electron chi connectivity index (χ4n) is 2.18. The molecule has 3 atom stereocenters. The van der Waals surface area contributed by atoms with Crippen molar-refractivity contribution >= 4 is 13.3 Å². The Hall–Kier alpha value is -0.755. The van der Waals surface area contributed by atoms with Gasteiger partial charge in [-0.1, -0.05) is 12.8 Å². The van der Waals surface area contributed by atoms with E-state index < -0.39 is 13.2 Å². The van der Waals surface area contributed by atoms with E-state index in [4.69, 9.17) is 25.4 Å². The van der Waals surface area contributed by atoms with Gasteiger partial charge in [0.15, 0.2) is 0 Å². The van der Waals surface area contributed by atoms with Crippen molar-refractivity contribution in [2.24, 2.45) is 5.73 Å². The summed E-state index contributed by atoms with van der Waals surface area (Å²) in [6.07, 6.45) is 4.52. The number of hydrogen-bond acceptors (Lipinski definition) is 7. The van der Waals surface area contributed by atoms with Crippen LogP contribution in [-0.2, 0) is 9.59 Å². The van der Waals surface area contributed by atoms with Gasteiger partial charge in [0.1, 0.15) is 0 Å². The van der Waals surface area contributed by atoms with Gasteiger partial charge < -0.3 is 26.2 Å². The number of unbranched alkanes of at least 4 members (excludes halogenated alkanes) is 1. The first kappa shape index (κ1) is 18.2. The summed E-state index contributed by atoms with van der Waals surface area (Å²) in [4.78, 5) is 16.2. The molecular formula is C11H23BN2O5. The SMILES string of the molecule is N[C@H](CCCCB(O)O)C(O)C1CCCN1.O=C=O. The molecule has 6 N–H and O–H groups in total. The van der Waals surface area contributed by atoms with Gasteiger partial charge in [-0.25, -0.2) is 0 Å². The summed E-state index contributed by atoms with van der Waals surface area (Å²) in [5, 5.41) is 30.5. The van der Waals surface area contributed by atoms with Gasteiger partial charge in [-0.2, -0.15) is 9.59 Å². The Labute approximate surface area is 113 Å². The molecule has 0 radical (unpaired) electrons. The Morgan fingerprint density at radius 1 is 1.37 bits per heavy atom. The average molecular weight is 274 g/mol. The van der Waals surface area contributed by atoms with Crippen LogP contribution in [0.4, 0.5) is 0 Å². The molecule has 19 heavy (non-hydrogen) atoms. The zero-order valence-corrected chi connectivity index (χ0v) is 11.0. The third-order valence-electron chi connectivity index (χ3n) is 3.20. The fraction of sp³-hybridized carbons (Fsp3) is 0.909. The Morgan fingerprint density at radius 3 is 2.47 bits per heavy atom. The van der Waals surface area contributed by atoms with Crippen molar-refractivity contribution in [1.82, 2.24) is 5.32 Å². The first-order valence-corrected chi connectivity index (χ1v) is 6.55. The predicted octanol–water partition coefficient (Wildman–Crippen LogP) is -1.51. The highest BCUT2D eigenvalue weighted by atomic mass is 16.4. The summed E-state index contributed by atoms with van der Waals surface area (Å²) in [6.45, 7) is 0.963. The summed E-state index contributed by atoms with van der Waals surface area (Å²) in [5.41, 5.74) is 5.90. The molecule has 7 nitrogen and oxygen atoms in total. The maximum absolute atomic E-state index is 9.94. The lowest BCUT2D eigenvalue weighted by molar-refractivity contribution is -0.191. The van der Waals surface area contributed by atoms with Gasteiger partial charge in [0, 0.05) is 12.1 Å². The van der Waals surface area contributed by atoms with Crippen LogP contribution < -0.4 is 11.1 Å². The standard InChI is InChI=1S/C10H23BN2O3.CO2/c12-8(4-1-2-6-11(15)16)10(14)9-5-3-7-13-9;2-1-3/h8-10,13-16H,1-7,12H2;/t8-,9?,10?;/m1./s1. The molecule has 110 valence electrons. The molecule has 0 bridgehead atoms. The first-order valence-electron chi connectivity index (χ1n) is 6.55. The second-order valence-corrected chi connectivity index (χ2v) is 4.71. The summed E-state index contributed by atoms with van der Waals surface area (Å²) in [5.74, 6) is 0. The van der Waals surface area contributed by atoms with E-state index in [0.29, 0.717) is 6.32 Å². The molecule has 1 heterocycles. The van der Waals surface area contributed by atoms with Crippen LogP contribution in [-0.4, -0.2) is 53.2 Å². The first-order chi connectivity index (χ1) is 9.02. The number of aliphatic hydroxyl groups is 1. The lowest BCUT2D eigenvalue weighted by atomic mass is 9.83. The molecule has 0 amide bonds. The molecule has 8 heteroatoms. The molecule has 1 aliphatic heterocycles. The monoisotopic (exact) mass is 274 g/mol. The Bertz CT molecular complexity index is 255. The quantitative estimate of drug-likeness (QED) is 0.281. The molecule has 0 aromatic rings. The topological polar surface area (TPSA) is 133 Å². The van der Waals surface area contributed by atoms with Gasteiger partial charge in [0.25, 0.3) is 0 Å². The highest BCUT2D eigenvalue weighted by Gasteiger charge is 2.27. The Morgan fingerprint density at radius 2 is 2.00 bits per heavy atom. The van der Waals surface area contributed by atoms with Gasteiger partial charge in [0.05, 0.1) is 6.10 Å². The second kappa shape index (κ2) is 11.1. The zero-order chi connectivity index (χ0) is 14.7. The van der Waals surface area contributed by atoms with Crippen molar-refractivity contribution in [1.29, 1.82) is 0 Å². The molecule has 0 aliphatic carbocycles. The van der Waals surface area contributed by atoms with E-state index in [1.807, 2.05) is 0 Å². The van der Waals surface area contributed by atoms with Crippen LogP contribution in [0.15, 0.2) is 0 Å². The normalized spacial score (nSPS) is 20.9. The van der Waals surface area contributed by atoms with Crippen molar-refractivity contribution < 1.29 is 24.7 Å². The molecule has 1 fully saturated rings. The van der Waals surface area contributed by atoms with E-state index >= 15 is 0 Å². The number of aliphatic hydroxyl groups excluding tert-OH is 1. The minimum absolute atomic E-state index is 0.137. The third kappa shape index (κ3) is 8.88. The van der Waals surface area contributed by atoms with E-state index in [9.17, 15) is 5.11 Å². The van der Waals surface area contributed by atoms with Crippen LogP contribution >= 0.6 is 0 Å². The van der Waals surface area contributed by atoms with Crippen molar-refractivity contribution in [2.75, 3.05) is 6.54 Å². The highest BCUT2D eigenvalue weighted by molar-refractivity contribution is 6.40. The average Bonchev–Trinajstić information content (AvgIpc) is 2.88. The predicted molar refractivity (Wildman–Crippen MR) is 68.9 cm³/mol. The molecule has 0 aromatic heterocycles. The van der Waals surface area contributed by atoms with E-state index in [1.54, 1.807) is 0 Å². The van der Waals surface area contributed by atoms with Crippen molar-refractivity contribution in [3.8, 4) is 0 Å². The molecule has 0 saturated carbocycles. The molecule has 1 aliphatic rings. The van der Waals surface area contributed by atoms with Crippen molar-refractivity contribution in [3.63, 3.8) is 0 Å². The smallest absolute Gasteiger partial charge is 0.427 e. The highest BCUT2D eigenvalue weighted by Crippen LogP contribution is 2.14. The second-order valence-electron chi connectivity index (χ2n) is 4.71. The van der Waals surface area contributed by atoms with Crippen LogP contribution in [0.1, 0.15) is 32.1 Å². The molecule has 1 rings (SSSR count). The van der Waals surface area contributed by atoms with Crippen LogP contribution in [0.5, 0.6) is 0 Å². The molecule has 0 spiro atoms. The Kier molecular flexibility index (Phi) is 10.7. The van der Waals surface area contributed by atoms with Gasteiger partial charge >= 0.3 is 13.3 Å². The van der Waals surface area contributed by atoms with Crippen LogP contribution in [0.2, 0.25) is 6.32 Å². The van der Waals surface area contributed by atoms with E-state index in [2.05, 4.69) is 5.32 Å². The number of nitrogens with two attached hydrogens (primary N) is 1. The number of rotatable bonds is 7. The largest absolute Gasteiger partial charge is 0.451 e. The number of carbonyl (C=O) groups excluding carboxylic acids is 2. The number of nitrogens with one attached hydrogen (secondary N) is 1. The Balaban J connectivity index is 0.000000982. The van der Waals surface area contributed by atoms with Crippen LogP contribution in [0, 0.1) is 0 Å². The van der Waals surface area contributed by atoms with Gasteiger partial charge in [0.2, 0.25) is 0 Å². The lowest BCUT2D eigenvalue weighted by Gasteiger charge is -2.24. The van der Waals surface area contributed by atoms with Crippen LogP contribution in [0.25, 0.3) is 0 Å². The molecule has 1 saturated heterocycles. The van der Waals surface area contributed by atoms with E-state index in [-0.39, 0.29) is 18.2 Å². The van der Waals surface area contributed by atoms with Crippen molar-refractivity contribution in [2.45, 2.75) is 56.6 Å². The van der Waals surface area contributed by atoms with Gasteiger partial charge in [-0.3, -0.25) is 0 Å². The van der Waals surface area contributed by atoms with E-state index in [0.717, 1.165) is 38.6 Å². The maximum atomic E-state index is 9.94. The van der Waals surface area contributed by atoms with E-state index in [1.165, 1.54) is 0 Å². The summed E-state index contributed by atoms with van der Waals surface area (Å²) in [6, 6.07) is -0.0788. The van der Waals surface area contributed by atoms with Crippen molar-refractivity contribution in [3.05, 3.63) is 0 Å². The third-order valence-corrected chi connectivity index (χ3v) is 3.20. The fourth-order valence-corrected chi connectivity index (χ4v) is 2.18. The lowest BCUT2D eigenvalue weighted by Crippen LogP contribution is -2.47. The summed E-state index contributed by atoms with van der Waals surface area (Å²) < 4.78 is 0. The molecule has 2 unspecified atom stereocenters. The van der Waals surface area contributed by atoms with Crippen LogP contribution in [0.3, 0.4) is 0 Å². The summed E-state index contributed by atoms with van der Waals surface area (Å²) >= 11 is 0. The van der Waals surface area contributed by atoms with Gasteiger partial charge in [-0.05, 0) is 32.1 Å². The minimum Gasteiger partial charge on any atom is -0.427 e. The maximum Gasteiger partial charge on any atom is 0.451 e. The minimum atomic E-state index is -1.22. The number of hydrogen-bond donors (Lipinski definition) is 5.